The fourth-order valence-corrected chi connectivity index (χ4v) is 4.70. The highest BCUT2D eigenvalue weighted by molar-refractivity contribution is 7.99. The molecule has 1 atom stereocenters. The molecule has 0 radical (unpaired) electrons. The predicted octanol–water partition coefficient (Wildman–Crippen LogP) is 7.56. The first-order valence-electron chi connectivity index (χ1n) is 10.9. The lowest BCUT2D eigenvalue weighted by Crippen LogP contribution is -2.10. The number of alkyl halides is 3. The van der Waals surface area contributed by atoms with Crippen molar-refractivity contribution in [1.82, 2.24) is 4.98 Å². The van der Waals surface area contributed by atoms with Crippen LogP contribution >= 0.6 is 11.8 Å². The van der Waals surface area contributed by atoms with E-state index in [2.05, 4.69) is 6.92 Å². The number of hydrogen-bond acceptors (Lipinski definition) is 4. The summed E-state index contributed by atoms with van der Waals surface area (Å²) in [6.45, 7) is 3.59. The molecular formula is C26H26F3NO3S. The molecule has 0 aliphatic rings. The number of carbonyl (C=O) groups is 1. The number of carboxylic acid groups (broad SMARTS) is 1. The summed E-state index contributed by atoms with van der Waals surface area (Å²) < 4.78 is 44.0. The van der Waals surface area contributed by atoms with E-state index in [1.807, 2.05) is 31.2 Å². The Morgan fingerprint density at radius 3 is 2.47 bits per heavy atom. The van der Waals surface area contributed by atoms with Gasteiger partial charge in [-0.05, 0) is 61.4 Å². The molecular weight excluding hydrogens is 463 g/mol. The van der Waals surface area contributed by atoms with Crippen LogP contribution in [0.25, 0.3) is 11.3 Å². The number of aryl methyl sites for hydroxylation is 1. The van der Waals surface area contributed by atoms with Crippen molar-refractivity contribution >= 4 is 17.7 Å². The van der Waals surface area contributed by atoms with Gasteiger partial charge in [-0.15, -0.1) is 11.8 Å². The molecule has 0 spiro atoms. The number of nitrogens with zero attached hydrogens (tertiary/aromatic N) is 1. The molecule has 34 heavy (non-hydrogen) atoms. The van der Waals surface area contributed by atoms with Crippen LogP contribution in [0.2, 0.25) is 0 Å². The van der Waals surface area contributed by atoms with Gasteiger partial charge in [-0.3, -0.25) is 4.98 Å². The second kappa shape index (κ2) is 11.4. The van der Waals surface area contributed by atoms with E-state index >= 15 is 0 Å². The Hall–Kier alpha value is -3.00. The van der Waals surface area contributed by atoms with Gasteiger partial charge in [0.25, 0.3) is 0 Å². The van der Waals surface area contributed by atoms with Crippen molar-refractivity contribution in [2.24, 2.45) is 0 Å². The SMILES string of the molecule is CCCC[C@@H](Sc1ccc(OCC(=O)O)c(C)c1)c1cccc(-c2ccc(C(F)(F)F)cc2)n1. The van der Waals surface area contributed by atoms with E-state index in [9.17, 15) is 18.0 Å². The Kier molecular flexibility index (Phi) is 8.61. The number of rotatable bonds is 10. The second-order valence-corrected chi connectivity index (χ2v) is 9.16. The van der Waals surface area contributed by atoms with Crippen molar-refractivity contribution in [3.8, 4) is 17.0 Å². The van der Waals surface area contributed by atoms with Crippen molar-refractivity contribution in [3.63, 3.8) is 0 Å². The fourth-order valence-electron chi connectivity index (χ4n) is 3.44. The van der Waals surface area contributed by atoms with Crippen LogP contribution in [-0.4, -0.2) is 22.7 Å². The summed E-state index contributed by atoms with van der Waals surface area (Å²) in [6.07, 6.45) is -1.46. The van der Waals surface area contributed by atoms with Gasteiger partial charge in [-0.2, -0.15) is 13.2 Å². The van der Waals surface area contributed by atoms with Crippen molar-refractivity contribution in [3.05, 3.63) is 77.5 Å². The Labute approximate surface area is 201 Å². The van der Waals surface area contributed by atoms with Gasteiger partial charge < -0.3 is 9.84 Å². The van der Waals surface area contributed by atoms with E-state index < -0.39 is 24.3 Å². The zero-order chi connectivity index (χ0) is 24.7. The van der Waals surface area contributed by atoms with Crippen LogP contribution < -0.4 is 4.74 Å². The Morgan fingerprint density at radius 2 is 1.85 bits per heavy atom. The predicted molar refractivity (Wildman–Crippen MR) is 127 cm³/mol. The molecule has 1 heterocycles. The molecule has 0 fully saturated rings. The summed E-state index contributed by atoms with van der Waals surface area (Å²) in [5.74, 6) is -0.504. The normalized spacial score (nSPS) is 12.4. The Bertz CT molecular complexity index is 1120. The smallest absolute Gasteiger partial charge is 0.416 e. The topological polar surface area (TPSA) is 59.4 Å². The molecule has 0 saturated carbocycles. The van der Waals surface area contributed by atoms with Crippen LogP contribution in [0.4, 0.5) is 13.2 Å². The average Bonchev–Trinajstić information content (AvgIpc) is 2.80. The number of thioether (sulfide) groups is 1. The lowest BCUT2D eigenvalue weighted by Gasteiger charge is -2.18. The first kappa shape index (κ1) is 25.6. The minimum absolute atomic E-state index is 0.0551. The molecule has 1 aromatic heterocycles. The van der Waals surface area contributed by atoms with Crippen LogP contribution in [0.5, 0.6) is 5.75 Å². The van der Waals surface area contributed by atoms with E-state index in [0.29, 0.717) is 17.0 Å². The van der Waals surface area contributed by atoms with Crippen molar-refractivity contribution in [1.29, 1.82) is 0 Å². The van der Waals surface area contributed by atoms with Crippen LogP contribution in [-0.2, 0) is 11.0 Å². The third-order valence-electron chi connectivity index (χ3n) is 5.20. The molecule has 2 aromatic carbocycles. The second-order valence-electron chi connectivity index (χ2n) is 7.88. The first-order valence-corrected chi connectivity index (χ1v) is 11.8. The molecule has 3 rings (SSSR count). The third kappa shape index (κ3) is 7.00. The van der Waals surface area contributed by atoms with Crippen molar-refractivity contribution < 1.29 is 27.8 Å². The van der Waals surface area contributed by atoms with Crippen LogP contribution in [0.3, 0.4) is 0 Å². The molecule has 180 valence electrons. The molecule has 4 nitrogen and oxygen atoms in total. The summed E-state index contributed by atoms with van der Waals surface area (Å²) in [5.41, 5.74) is 2.27. The standard InChI is InChI=1S/C26H26F3NO3S/c1-3-4-8-24(34-20-13-14-23(17(2)15-20)33-16-25(31)32)22-7-5-6-21(30-22)18-9-11-19(12-10-18)26(27,28)29/h5-7,9-15,24H,3-4,8,16H2,1-2H3,(H,31,32)/t24-/m1/s1. The van der Waals surface area contributed by atoms with E-state index in [1.54, 1.807) is 23.9 Å². The molecule has 1 N–H and O–H groups in total. The highest BCUT2D eigenvalue weighted by Crippen LogP contribution is 2.40. The minimum atomic E-state index is -4.37. The number of benzene rings is 2. The van der Waals surface area contributed by atoms with E-state index in [1.165, 1.54) is 12.1 Å². The molecule has 0 aliphatic carbocycles. The first-order chi connectivity index (χ1) is 16.2. The van der Waals surface area contributed by atoms with Gasteiger partial charge in [0.1, 0.15) is 5.75 Å². The summed E-state index contributed by atoms with van der Waals surface area (Å²) in [4.78, 5) is 16.5. The van der Waals surface area contributed by atoms with E-state index in [-0.39, 0.29) is 5.25 Å². The number of aromatic nitrogens is 1. The maximum atomic E-state index is 12.9. The number of ether oxygens (including phenoxy) is 1. The number of carboxylic acids is 1. The largest absolute Gasteiger partial charge is 0.482 e. The summed E-state index contributed by atoms with van der Waals surface area (Å²) in [5, 5.41) is 8.87. The fraction of sp³-hybridized carbons (Fsp3) is 0.308. The maximum Gasteiger partial charge on any atom is 0.416 e. The van der Waals surface area contributed by atoms with Gasteiger partial charge in [-0.1, -0.05) is 38.0 Å². The highest BCUT2D eigenvalue weighted by Gasteiger charge is 2.30. The van der Waals surface area contributed by atoms with Gasteiger partial charge in [0.05, 0.1) is 22.2 Å². The van der Waals surface area contributed by atoms with Crippen LogP contribution in [0, 0.1) is 6.92 Å². The molecule has 0 unspecified atom stereocenters. The van der Waals surface area contributed by atoms with Gasteiger partial charge in [0.15, 0.2) is 6.61 Å². The molecule has 3 aromatic rings. The quantitative estimate of drug-likeness (QED) is 0.298. The number of halogens is 3. The van der Waals surface area contributed by atoms with Crippen molar-refractivity contribution in [2.75, 3.05) is 6.61 Å². The molecule has 0 bridgehead atoms. The molecule has 8 heteroatoms. The highest BCUT2D eigenvalue weighted by atomic mass is 32.2. The number of unbranched alkanes of at least 4 members (excludes halogenated alkanes) is 1. The van der Waals surface area contributed by atoms with Crippen LogP contribution in [0.15, 0.2) is 65.6 Å². The van der Waals surface area contributed by atoms with E-state index in [0.717, 1.165) is 47.5 Å². The number of pyridine rings is 1. The van der Waals surface area contributed by atoms with E-state index in [4.69, 9.17) is 14.8 Å². The summed E-state index contributed by atoms with van der Waals surface area (Å²) in [7, 11) is 0. The van der Waals surface area contributed by atoms with Crippen molar-refractivity contribution in [2.45, 2.75) is 49.4 Å². The minimum Gasteiger partial charge on any atom is -0.482 e. The van der Waals surface area contributed by atoms with Crippen LogP contribution in [0.1, 0.15) is 48.3 Å². The maximum absolute atomic E-state index is 12.9. The van der Waals surface area contributed by atoms with Gasteiger partial charge >= 0.3 is 12.1 Å². The summed E-state index contributed by atoms with van der Waals surface area (Å²) >= 11 is 1.66. The summed E-state index contributed by atoms with van der Waals surface area (Å²) in [6, 6.07) is 16.3. The number of hydrogen-bond donors (Lipinski definition) is 1. The van der Waals surface area contributed by atoms with Gasteiger partial charge in [0.2, 0.25) is 0 Å². The average molecular weight is 490 g/mol. The number of aliphatic carboxylic acids is 1. The zero-order valence-electron chi connectivity index (χ0n) is 18.9. The zero-order valence-corrected chi connectivity index (χ0v) is 19.7. The molecule has 0 saturated heterocycles. The lowest BCUT2D eigenvalue weighted by molar-refractivity contribution is -0.139. The Balaban J connectivity index is 1.83. The molecule has 0 amide bonds. The van der Waals surface area contributed by atoms with Gasteiger partial charge in [0, 0.05) is 10.5 Å². The monoisotopic (exact) mass is 489 g/mol. The third-order valence-corrected chi connectivity index (χ3v) is 6.49. The molecule has 0 aliphatic heterocycles. The van der Waals surface area contributed by atoms with Gasteiger partial charge in [-0.25, -0.2) is 4.79 Å². The Morgan fingerprint density at radius 1 is 1.12 bits per heavy atom. The lowest BCUT2D eigenvalue weighted by atomic mass is 10.1.